The maximum atomic E-state index is 12.5. The van der Waals surface area contributed by atoms with Crippen molar-refractivity contribution in [1.82, 2.24) is 0 Å². The Morgan fingerprint density at radius 2 is 2.04 bits per heavy atom. The van der Waals surface area contributed by atoms with Crippen LogP contribution < -0.4 is 9.47 Å². The summed E-state index contributed by atoms with van der Waals surface area (Å²) in [6.45, 7) is 5.54. The third kappa shape index (κ3) is 3.22. The van der Waals surface area contributed by atoms with Crippen molar-refractivity contribution in [2.75, 3.05) is 0 Å². The highest BCUT2D eigenvalue weighted by Gasteiger charge is 2.55. The topological polar surface area (TPSA) is 52.6 Å². The lowest BCUT2D eigenvalue weighted by Crippen LogP contribution is -2.42. The molecule has 0 amide bonds. The van der Waals surface area contributed by atoms with Crippen LogP contribution in [0.5, 0.6) is 11.5 Å². The third-order valence-electron chi connectivity index (χ3n) is 7.02. The van der Waals surface area contributed by atoms with Crippen LogP contribution >= 0.6 is 15.9 Å². The Morgan fingerprint density at radius 1 is 1.26 bits per heavy atom. The molecule has 146 valence electrons. The second-order valence-corrected chi connectivity index (χ2v) is 9.87. The molecule has 2 saturated carbocycles. The van der Waals surface area contributed by atoms with E-state index in [-0.39, 0.29) is 16.4 Å². The quantitative estimate of drug-likeness (QED) is 0.374. The van der Waals surface area contributed by atoms with Crippen molar-refractivity contribution >= 4 is 27.7 Å². The molecule has 5 atom stereocenters. The van der Waals surface area contributed by atoms with Gasteiger partial charge in [0, 0.05) is 30.4 Å². The standard InChI is InChI=1S/C22H27BrO4/c1-12(23)26-15-10-14-4-5-16-17(21(14)19(11-15)27-13(2)24)8-9-22(3)18(16)6-7-20(22)25/h10-12,16-18H,4-9H2,1-3H3/t12?,16-,17+,18+,22+/m1/s1. The number of fused-ring (bicyclic) bond motifs is 5. The molecule has 0 radical (unpaired) electrons. The minimum absolute atomic E-state index is 0.114. The molecule has 0 bridgehead atoms. The first-order valence-electron chi connectivity index (χ1n) is 9.99. The van der Waals surface area contributed by atoms with Gasteiger partial charge in [0.1, 0.15) is 17.3 Å². The number of rotatable bonds is 3. The first-order valence-corrected chi connectivity index (χ1v) is 10.9. The first-order chi connectivity index (χ1) is 12.8. The highest BCUT2D eigenvalue weighted by Crippen LogP contribution is 2.60. The van der Waals surface area contributed by atoms with E-state index in [0.717, 1.165) is 44.3 Å². The van der Waals surface area contributed by atoms with Crippen LogP contribution in [-0.2, 0) is 16.0 Å². The molecule has 1 unspecified atom stereocenters. The molecular formula is C22H27BrO4. The van der Waals surface area contributed by atoms with Crippen LogP contribution in [0.3, 0.4) is 0 Å². The highest BCUT2D eigenvalue weighted by molar-refractivity contribution is 9.09. The number of ketones is 1. The minimum atomic E-state index is -0.306. The zero-order valence-corrected chi connectivity index (χ0v) is 17.8. The van der Waals surface area contributed by atoms with Crippen molar-refractivity contribution in [3.63, 3.8) is 0 Å². The molecular weight excluding hydrogens is 408 g/mol. The lowest BCUT2D eigenvalue weighted by atomic mass is 9.55. The van der Waals surface area contributed by atoms with Gasteiger partial charge in [-0.15, -0.1) is 0 Å². The second-order valence-electron chi connectivity index (χ2n) is 8.58. The number of halogens is 1. The Kier molecular flexibility index (Phi) is 4.86. The van der Waals surface area contributed by atoms with Crippen molar-refractivity contribution < 1.29 is 19.1 Å². The van der Waals surface area contributed by atoms with Gasteiger partial charge in [-0.05, 0) is 84.3 Å². The van der Waals surface area contributed by atoms with Gasteiger partial charge in [-0.2, -0.15) is 0 Å². The Balaban J connectivity index is 1.74. The van der Waals surface area contributed by atoms with Crippen LogP contribution in [-0.4, -0.2) is 16.8 Å². The molecule has 3 aliphatic rings. The molecule has 4 nitrogen and oxygen atoms in total. The number of esters is 1. The summed E-state index contributed by atoms with van der Waals surface area (Å²) in [4.78, 5) is 24.3. The molecule has 0 aliphatic heterocycles. The third-order valence-corrected chi connectivity index (χ3v) is 7.20. The highest BCUT2D eigenvalue weighted by atomic mass is 79.9. The zero-order valence-electron chi connectivity index (χ0n) is 16.2. The van der Waals surface area contributed by atoms with Gasteiger partial charge in [0.25, 0.3) is 0 Å². The monoisotopic (exact) mass is 434 g/mol. The molecule has 27 heavy (non-hydrogen) atoms. The second kappa shape index (κ2) is 6.91. The number of carbonyl (C=O) groups is 2. The molecule has 5 heteroatoms. The molecule has 3 aliphatic carbocycles. The largest absolute Gasteiger partial charge is 0.479 e. The number of hydrogen-bond donors (Lipinski definition) is 0. The maximum Gasteiger partial charge on any atom is 0.308 e. The van der Waals surface area contributed by atoms with E-state index in [0.29, 0.717) is 29.3 Å². The van der Waals surface area contributed by atoms with Gasteiger partial charge in [0.15, 0.2) is 5.01 Å². The molecule has 2 fully saturated rings. The fraction of sp³-hybridized carbons (Fsp3) is 0.636. The smallest absolute Gasteiger partial charge is 0.308 e. The molecule has 4 rings (SSSR count). The fourth-order valence-electron chi connectivity index (χ4n) is 5.92. The zero-order chi connectivity index (χ0) is 19.3. The predicted octanol–water partition coefficient (Wildman–Crippen LogP) is 5.16. The van der Waals surface area contributed by atoms with E-state index >= 15 is 0 Å². The summed E-state index contributed by atoms with van der Waals surface area (Å²) >= 11 is 3.42. The van der Waals surface area contributed by atoms with E-state index < -0.39 is 0 Å². The van der Waals surface area contributed by atoms with Crippen LogP contribution in [0.1, 0.15) is 69.9 Å². The molecule has 1 aromatic carbocycles. The Hall–Kier alpha value is -1.36. The number of carbonyl (C=O) groups excluding carboxylic acids is 2. The average Bonchev–Trinajstić information content (AvgIpc) is 2.88. The van der Waals surface area contributed by atoms with E-state index in [2.05, 4.69) is 28.9 Å². The molecule has 0 spiro atoms. The lowest BCUT2D eigenvalue weighted by Gasteiger charge is -2.48. The minimum Gasteiger partial charge on any atom is -0.479 e. The SMILES string of the molecule is CC(=O)Oc1cc(OC(C)Br)cc2c1[C@H]1CC[C@]3(C)C(=O)CC[C@H]3[C@@H]1CC2. The van der Waals surface area contributed by atoms with Gasteiger partial charge in [0.05, 0.1) is 0 Å². The molecule has 0 N–H and O–H groups in total. The van der Waals surface area contributed by atoms with Crippen molar-refractivity contribution in [2.24, 2.45) is 17.3 Å². The summed E-state index contributed by atoms with van der Waals surface area (Å²) < 4.78 is 11.5. The van der Waals surface area contributed by atoms with E-state index in [1.165, 1.54) is 18.1 Å². The summed E-state index contributed by atoms with van der Waals surface area (Å²) in [7, 11) is 0. The van der Waals surface area contributed by atoms with Crippen LogP contribution in [0.25, 0.3) is 0 Å². The maximum absolute atomic E-state index is 12.5. The summed E-state index contributed by atoms with van der Waals surface area (Å²) in [5.74, 6) is 2.84. The summed E-state index contributed by atoms with van der Waals surface area (Å²) in [6.07, 6.45) is 5.70. The van der Waals surface area contributed by atoms with Gasteiger partial charge >= 0.3 is 5.97 Å². The predicted molar refractivity (Wildman–Crippen MR) is 106 cm³/mol. The van der Waals surface area contributed by atoms with Gasteiger partial charge in [-0.3, -0.25) is 9.59 Å². The number of ether oxygens (including phenoxy) is 2. The van der Waals surface area contributed by atoms with Crippen molar-refractivity contribution in [1.29, 1.82) is 0 Å². The molecule has 0 saturated heterocycles. The van der Waals surface area contributed by atoms with Gasteiger partial charge in [-0.25, -0.2) is 0 Å². The number of aryl methyl sites for hydroxylation is 1. The van der Waals surface area contributed by atoms with E-state index in [4.69, 9.17) is 9.47 Å². The van der Waals surface area contributed by atoms with Crippen LogP contribution in [0.15, 0.2) is 12.1 Å². The molecule has 0 heterocycles. The number of Topliss-reactive ketones (excluding diaryl/α,β-unsaturated/α-hetero) is 1. The van der Waals surface area contributed by atoms with Gasteiger partial charge in [0.2, 0.25) is 0 Å². The summed E-state index contributed by atoms with van der Waals surface area (Å²) in [5, 5.41) is -0.114. The van der Waals surface area contributed by atoms with Gasteiger partial charge in [-0.1, -0.05) is 6.92 Å². The van der Waals surface area contributed by atoms with Crippen molar-refractivity contribution in [2.45, 2.75) is 70.2 Å². The summed E-state index contributed by atoms with van der Waals surface area (Å²) in [6, 6.07) is 3.96. The average molecular weight is 435 g/mol. The number of benzene rings is 1. The van der Waals surface area contributed by atoms with Crippen LogP contribution in [0.4, 0.5) is 0 Å². The fourth-order valence-corrected chi connectivity index (χ4v) is 6.14. The van der Waals surface area contributed by atoms with Crippen LogP contribution in [0.2, 0.25) is 0 Å². The van der Waals surface area contributed by atoms with Crippen molar-refractivity contribution in [3.05, 3.63) is 23.3 Å². The Bertz CT molecular complexity index is 787. The van der Waals surface area contributed by atoms with E-state index in [1.54, 1.807) is 0 Å². The van der Waals surface area contributed by atoms with E-state index in [9.17, 15) is 9.59 Å². The summed E-state index contributed by atoms with van der Waals surface area (Å²) in [5.41, 5.74) is 2.26. The first kappa shape index (κ1) is 19.0. The Labute approximate surface area is 169 Å². The number of alkyl halides is 1. The molecule has 1 aromatic rings. The number of hydrogen-bond acceptors (Lipinski definition) is 4. The Morgan fingerprint density at radius 3 is 2.74 bits per heavy atom. The van der Waals surface area contributed by atoms with Crippen LogP contribution in [0, 0.1) is 17.3 Å². The normalized spacial score (nSPS) is 32.9. The molecule has 0 aromatic heterocycles. The van der Waals surface area contributed by atoms with Crippen molar-refractivity contribution in [3.8, 4) is 11.5 Å². The van der Waals surface area contributed by atoms with E-state index in [1.807, 2.05) is 13.0 Å². The lowest BCUT2D eigenvalue weighted by molar-refractivity contribution is -0.132. The van der Waals surface area contributed by atoms with Gasteiger partial charge < -0.3 is 9.47 Å².